The van der Waals surface area contributed by atoms with Gasteiger partial charge in [0.1, 0.15) is 0 Å². The lowest BCUT2D eigenvalue weighted by molar-refractivity contribution is 0.158. The second-order valence-corrected chi connectivity index (χ2v) is 4.06. The van der Waals surface area contributed by atoms with Crippen molar-refractivity contribution in [2.24, 2.45) is 11.8 Å². The molecule has 1 saturated heterocycles. The Bertz CT molecular complexity index is 150. The molecule has 1 heterocycles. The molecule has 0 saturated carbocycles. The second kappa shape index (κ2) is 6.91. The summed E-state index contributed by atoms with van der Waals surface area (Å²) >= 11 is 0. The number of likely N-dealkylation sites (tertiary alicyclic amines) is 1. The molecule has 0 aromatic carbocycles. The SMILES string of the molecule is CC#N.CCC1CC(C)CN(C)C1. The van der Waals surface area contributed by atoms with Crippen LogP contribution in [-0.2, 0) is 0 Å². The molecule has 0 aromatic heterocycles. The normalized spacial score (nSPS) is 28.5. The average molecular weight is 182 g/mol. The molecule has 2 heteroatoms. The maximum absolute atomic E-state index is 7.32. The summed E-state index contributed by atoms with van der Waals surface area (Å²) in [6.45, 7) is 8.71. The predicted molar refractivity (Wildman–Crippen MR) is 56.3 cm³/mol. The lowest BCUT2D eigenvalue weighted by atomic mass is 9.89. The first-order valence-corrected chi connectivity index (χ1v) is 5.13. The van der Waals surface area contributed by atoms with E-state index in [1.54, 1.807) is 6.07 Å². The summed E-state index contributed by atoms with van der Waals surface area (Å²) < 4.78 is 0. The topological polar surface area (TPSA) is 27.0 Å². The quantitative estimate of drug-likeness (QED) is 0.623. The molecule has 2 unspecified atom stereocenters. The van der Waals surface area contributed by atoms with E-state index in [1.807, 2.05) is 0 Å². The molecule has 1 aliphatic heterocycles. The summed E-state index contributed by atoms with van der Waals surface area (Å²) in [5.74, 6) is 1.89. The number of piperidine rings is 1. The molecule has 0 bridgehead atoms. The van der Waals surface area contributed by atoms with Crippen LogP contribution in [0.4, 0.5) is 0 Å². The molecule has 2 atom stereocenters. The molecule has 1 aliphatic rings. The molecular formula is C11H22N2. The predicted octanol–water partition coefficient (Wildman–Crippen LogP) is 2.51. The Balaban J connectivity index is 0.000000424. The molecule has 0 spiro atoms. The van der Waals surface area contributed by atoms with Gasteiger partial charge in [0.2, 0.25) is 0 Å². The molecule has 0 radical (unpaired) electrons. The Morgan fingerprint density at radius 3 is 2.38 bits per heavy atom. The van der Waals surface area contributed by atoms with Crippen molar-refractivity contribution < 1.29 is 0 Å². The van der Waals surface area contributed by atoms with E-state index in [-0.39, 0.29) is 0 Å². The van der Waals surface area contributed by atoms with E-state index in [4.69, 9.17) is 5.26 Å². The Kier molecular flexibility index (Phi) is 6.62. The number of nitriles is 1. The highest BCUT2D eigenvalue weighted by Crippen LogP contribution is 2.22. The van der Waals surface area contributed by atoms with Gasteiger partial charge in [-0.05, 0) is 25.3 Å². The third kappa shape index (κ3) is 5.65. The van der Waals surface area contributed by atoms with Crippen LogP contribution in [0.1, 0.15) is 33.6 Å². The third-order valence-corrected chi connectivity index (χ3v) is 2.51. The highest BCUT2D eigenvalue weighted by molar-refractivity contribution is 4.73. The van der Waals surface area contributed by atoms with Gasteiger partial charge in [-0.3, -0.25) is 0 Å². The van der Waals surface area contributed by atoms with Gasteiger partial charge < -0.3 is 4.90 Å². The van der Waals surface area contributed by atoms with Gasteiger partial charge in [0.05, 0.1) is 6.07 Å². The summed E-state index contributed by atoms with van der Waals surface area (Å²) in [4.78, 5) is 2.46. The van der Waals surface area contributed by atoms with Crippen LogP contribution in [-0.4, -0.2) is 25.0 Å². The van der Waals surface area contributed by atoms with Crippen molar-refractivity contribution in [1.82, 2.24) is 4.90 Å². The van der Waals surface area contributed by atoms with Crippen molar-refractivity contribution in [2.45, 2.75) is 33.6 Å². The molecule has 0 N–H and O–H groups in total. The zero-order chi connectivity index (χ0) is 10.3. The van der Waals surface area contributed by atoms with E-state index in [0.717, 1.165) is 11.8 Å². The zero-order valence-electron chi connectivity index (χ0n) is 9.38. The van der Waals surface area contributed by atoms with E-state index < -0.39 is 0 Å². The van der Waals surface area contributed by atoms with Crippen LogP contribution < -0.4 is 0 Å². The Morgan fingerprint density at radius 2 is 2.00 bits per heavy atom. The van der Waals surface area contributed by atoms with E-state index in [9.17, 15) is 0 Å². The molecule has 76 valence electrons. The van der Waals surface area contributed by atoms with Crippen molar-refractivity contribution in [3.63, 3.8) is 0 Å². The van der Waals surface area contributed by atoms with Gasteiger partial charge in [0.15, 0.2) is 0 Å². The van der Waals surface area contributed by atoms with Crippen LogP contribution >= 0.6 is 0 Å². The van der Waals surface area contributed by atoms with E-state index in [0.29, 0.717) is 0 Å². The molecule has 0 aliphatic carbocycles. The molecule has 2 nitrogen and oxygen atoms in total. The average Bonchev–Trinajstić information content (AvgIpc) is 2.04. The number of rotatable bonds is 1. The van der Waals surface area contributed by atoms with Crippen molar-refractivity contribution in [1.29, 1.82) is 5.26 Å². The Morgan fingerprint density at radius 1 is 1.46 bits per heavy atom. The summed E-state index contributed by atoms with van der Waals surface area (Å²) in [6, 6.07) is 1.75. The zero-order valence-corrected chi connectivity index (χ0v) is 9.38. The highest BCUT2D eigenvalue weighted by Gasteiger charge is 2.20. The van der Waals surface area contributed by atoms with Crippen molar-refractivity contribution >= 4 is 0 Å². The maximum Gasteiger partial charge on any atom is 0.0587 e. The fourth-order valence-electron chi connectivity index (χ4n) is 2.06. The highest BCUT2D eigenvalue weighted by atomic mass is 15.1. The van der Waals surface area contributed by atoms with Gasteiger partial charge in [0, 0.05) is 20.0 Å². The number of hydrogen-bond donors (Lipinski definition) is 0. The maximum atomic E-state index is 7.32. The first kappa shape index (κ1) is 12.4. The smallest absolute Gasteiger partial charge is 0.0587 e. The summed E-state index contributed by atoms with van der Waals surface area (Å²) in [6.07, 6.45) is 2.80. The second-order valence-electron chi connectivity index (χ2n) is 4.06. The van der Waals surface area contributed by atoms with Crippen molar-refractivity contribution in [3.05, 3.63) is 0 Å². The van der Waals surface area contributed by atoms with Crippen LogP contribution in [0.15, 0.2) is 0 Å². The lowest BCUT2D eigenvalue weighted by Gasteiger charge is -2.33. The molecule has 13 heavy (non-hydrogen) atoms. The molecule has 1 fully saturated rings. The van der Waals surface area contributed by atoms with Crippen molar-refractivity contribution in [2.75, 3.05) is 20.1 Å². The largest absolute Gasteiger partial charge is 0.306 e. The minimum atomic E-state index is 0.920. The first-order valence-electron chi connectivity index (χ1n) is 5.13. The first-order chi connectivity index (χ1) is 6.13. The van der Waals surface area contributed by atoms with Gasteiger partial charge in [-0.1, -0.05) is 20.3 Å². The number of hydrogen-bond acceptors (Lipinski definition) is 2. The summed E-state index contributed by atoms with van der Waals surface area (Å²) in [5.41, 5.74) is 0. The summed E-state index contributed by atoms with van der Waals surface area (Å²) in [5, 5.41) is 7.32. The molecule has 1 rings (SSSR count). The minimum absolute atomic E-state index is 0.920. The van der Waals surface area contributed by atoms with E-state index in [1.165, 1.54) is 32.9 Å². The van der Waals surface area contributed by atoms with Crippen LogP contribution in [0, 0.1) is 23.2 Å². The van der Waals surface area contributed by atoms with Gasteiger partial charge >= 0.3 is 0 Å². The Hall–Kier alpha value is -0.550. The van der Waals surface area contributed by atoms with Crippen LogP contribution in [0.5, 0.6) is 0 Å². The van der Waals surface area contributed by atoms with Crippen molar-refractivity contribution in [3.8, 4) is 6.07 Å². The fourth-order valence-corrected chi connectivity index (χ4v) is 2.06. The minimum Gasteiger partial charge on any atom is -0.306 e. The molecular weight excluding hydrogens is 160 g/mol. The number of nitrogens with zero attached hydrogens (tertiary/aromatic N) is 2. The van der Waals surface area contributed by atoms with Gasteiger partial charge in [0.25, 0.3) is 0 Å². The fraction of sp³-hybridized carbons (Fsp3) is 0.909. The monoisotopic (exact) mass is 182 g/mol. The van der Waals surface area contributed by atoms with Crippen LogP contribution in [0.2, 0.25) is 0 Å². The summed E-state index contributed by atoms with van der Waals surface area (Å²) in [7, 11) is 2.23. The van der Waals surface area contributed by atoms with Crippen LogP contribution in [0.25, 0.3) is 0 Å². The van der Waals surface area contributed by atoms with E-state index in [2.05, 4.69) is 25.8 Å². The van der Waals surface area contributed by atoms with E-state index >= 15 is 0 Å². The standard InChI is InChI=1S/C9H19N.C2H3N/c1-4-9-5-8(2)6-10(3)7-9;1-2-3/h8-9H,4-7H2,1-3H3;1H3. The van der Waals surface area contributed by atoms with Gasteiger partial charge in [-0.2, -0.15) is 5.26 Å². The third-order valence-electron chi connectivity index (χ3n) is 2.51. The molecule has 0 aromatic rings. The molecule has 0 amide bonds. The lowest BCUT2D eigenvalue weighted by Crippen LogP contribution is -2.36. The van der Waals surface area contributed by atoms with Gasteiger partial charge in [-0.15, -0.1) is 0 Å². The Labute approximate surface area is 82.5 Å². The van der Waals surface area contributed by atoms with Gasteiger partial charge in [-0.25, -0.2) is 0 Å². The van der Waals surface area contributed by atoms with Crippen LogP contribution in [0.3, 0.4) is 0 Å².